The molecular weight excluding hydrogens is 176 g/mol. The second-order valence-electron chi connectivity index (χ2n) is 5.16. The Morgan fingerprint density at radius 2 is 2.07 bits per heavy atom. The first kappa shape index (κ1) is 9.13. The zero-order valence-electron chi connectivity index (χ0n) is 8.72. The minimum absolute atomic E-state index is 0.648. The smallest absolute Gasteiger partial charge is 0.0471 e. The lowest BCUT2D eigenvalue weighted by Crippen LogP contribution is -2.48. The topological polar surface area (TPSA) is 33.3 Å². The minimum atomic E-state index is 0.648. The van der Waals surface area contributed by atoms with Crippen molar-refractivity contribution in [2.24, 2.45) is 11.3 Å². The van der Waals surface area contributed by atoms with Crippen LogP contribution in [-0.2, 0) is 4.74 Å². The van der Waals surface area contributed by atoms with Gasteiger partial charge in [0.1, 0.15) is 0 Å². The van der Waals surface area contributed by atoms with Gasteiger partial charge in [0.05, 0.1) is 0 Å². The summed E-state index contributed by atoms with van der Waals surface area (Å²) in [6.07, 6.45) is 3.97. The molecule has 3 fully saturated rings. The molecule has 0 aromatic rings. The Balaban J connectivity index is 1.42. The molecule has 0 amide bonds. The van der Waals surface area contributed by atoms with Crippen molar-refractivity contribution in [3.8, 4) is 0 Å². The van der Waals surface area contributed by atoms with Gasteiger partial charge in [-0.15, -0.1) is 0 Å². The van der Waals surface area contributed by atoms with Crippen molar-refractivity contribution in [2.45, 2.75) is 25.3 Å². The molecule has 1 aliphatic carbocycles. The van der Waals surface area contributed by atoms with E-state index < -0.39 is 0 Å². The van der Waals surface area contributed by atoms with Crippen molar-refractivity contribution in [1.82, 2.24) is 10.6 Å². The zero-order chi connectivity index (χ0) is 9.43. The number of hydrogen-bond donors (Lipinski definition) is 2. The van der Waals surface area contributed by atoms with Gasteiger partial charge in [-0.05, 0) is 30.6 Å². The van der Waals surface area contributed by atoms with Gasteiger partial charge >= 0.3 is 0 Å². The van der Waals surface area contributed by atoms with Crippen molar-refractivity contribution in [1.29, 1.82) is 0 Å². The molecule has 0 bridgehead atoms. The fourth-order valence-corrected chi connectivity index (χ4v) is 2.77. The zero-order valence-corrected chi connectivity index (χ0v) is 8.72. The normalized spacial score (nSPS) is 35.6. The first-order chi connectivity index (χ1) is 6.89. The number of ether oxygens (including phenoxy) is 1. The molecule has 1 saturated carbocycles. The maximum absolute atomic E-state index is 5.41. The van der Waals surface area contributed by atoms with Crippen LogP contribution in [-0.4, -0.2) is 38.9 Å². The fraction of sp³-hybridized carbons (Fsp3) is 1.00. The predicted octanol–water partition coefficient (Wildman–Crippen LogP) is 0.365. The van der Waals surface area contributed by atoms with Crippen LogP contribution in [0.1, 0.15) is 19.3 Å². The van der Waals surface area contributed by atoms with E-state index in [0.717, 1.165) is 25.2 Å². The van der Waals surface area contributed by atoms with E-state index in [2.05, 4.69) is 10.6 Å². The van der Waals surface area contributed by atoms with E-state index in [4.69, 9.17) is 4.74 Å². The highest BCUT2D eigenvalue weighted by Gasteiger charge is 2.53. The molecule has 2 N–H and O–H groups in total. The summed E-state index contributed by atoms with van der Waals surface area (Å²) >= 11 is 0. The molecule has 3 heteroatoms. The number of hydrogen-bond acceptors (Lipinski definition) is 3. The summed E-state index contributed by atoms with van der Waals surface area (Å²) in [5.41, 5.74) is 0.648. The first-order valence-corrected chi connectivity index (χ1v) is 5.91. The summed E-state index contributed by atoms with van der Waals surface area (Å²) in [6.45, 7) is 5.64. The highest BCUT2D eigenvalue weighted by atomic mass is 16.5. The molecule has 80 valence electrons. The van der Waals surface area contributed by atoms with E-state index in [1.165, 1.54) is 38.9 Å². The van der Waals surface area contributed by atoms with E-state index in [0.29, 0.717) is 5.41 Å². The third-order valence-corrected chi connectivity index (χ3v) is 4.20. The van der Waals surface area contributed by atoms with Crippen LogP contribution in [0.4, 0.5) is 0 Å². The maximum Gasteiger partial charge on any atom is 0.0471 e. The fourth-order valence-electron chi connectivity index (χ4n) is 2.77. The SMILES string of the molecule is C1CC2(CCO1)CC2NCC1CNC1. The molecule has 0 radical (unpaired) electrons. The molecule has 2 saturated heterocycles. The molecule has 3 rings (SSSR count). The van der Waals surface area contributed by atoms with Crippen LogP contribution < -0.4 is 10.6 Å². The standard InChI is InChI=1S/C11H20N2O/c1-3-14-4-2-11(1)5-10(11)13-8-9-6-12-7-9/h9-10,12-13H,1-8H2. The lowest BCUT2D eigenvalue weighted by atomic mass is 9.95. The van der Waals surface area contributed by atoms with Crippen molar-refractivity contribution < 1.29 is 4.74 Å². The van der Waals surface area contributed by atoms with Crippen molar-refractivity contribution in [3.63, 3.8) is 0 Å². The quantitative estimate of drug-likeness (QED) is 0.684. The third-order valence-electron chi connectivity index (χ3n) is 4.20. The van der Waals surface area contributed by atoms with Crippen LogP contribution in [0.3, 0.4) is 0 Å². The van der Waals surface area contributed by atoms with Gasteiger partial charge in [-0.1, -0.05) is 0 Å². The lowest BCUT2D eigenvalue weighted by molar-refractivity contribution is 0.0540. The second kappa shape index (κ2) is 3.47. The van der Waals surface area contributed by atoms with Crippen LogP contribution in [0.2, 0.25) is 0 Å². The Morgan fingerprint density at radius 1 is 1.29 bits per heavy atom. The molecule has 1 unspecified atom stereocenters. The summed E-state index contributed by atoms with van der Waals surface area (Å²) in [5.74, 6) is 0.896. The molecule has 0 aromatic carbocycles. The van der Waals surface area contributed by atoms with Gasteiger partial charge in [0.15, 0.2) is 0 Å². The monoisotopic (exact) mass is 196 g/mol. The number of nitrogens with one attached hydrogen (secondary N) is 2. The largest absolute Gasteiger partial charge is 0.381 e. The van der Waals surface area contributed by atoms with Crippen LogP contribution in [0.5, 0.6) is 0 Å². The van der Waals surface area contributed by atoms with Gasteiger partial charge in [-0.3, -0.25) is 0 Å². The van der Waals surface area contributed by atoms with Gasteiger partial charge in [0.2, 0.25) is 0 Å². The molecule has 3 nitrogen and oxygen atoms in total. The van der Waals surface area contributed by atoms with E-state index >= 15 is 0 Å². The van der Waals surface area contributed by atoms with E-state index in [1.807, 2.05) is 0 Å². The Bertz CT molecular complexity index is 209. The van der Waals surface area contributed by atoms with Crippen LogP contribution in [0, 0.1) is 11.3 Å². The maximum atomic E-state index is 5.41. The molecule has 1 atom stereocenters. The highest BCUT2D eigenvalue weighted by Crippen LogP contribution is 2.53. The molecule has 1 spiro atoms. The Kier molecular flexibility index (Phi) is 2.26. The molecule has 2 heterocycles. The van der Waals surface area contributed by atoms with Crippen molar-refractivity contribution in [2.75, 3.05) is 32.8 Å². The summed E-state index contributed by atoms with van der Waals surface area (Å²) < 4.78 is 5.41. The number of rotatable bonds is 3. The van der Waals surface area contributed by atoms with Gasteiger partial charge < -0.3 is 15.4 Å². The lowest BCUT2D eigenvalue weighted by Gasteiger charge is -2.28. The molecule has 2 aliphatic heterocycles. The van der Waals surface area contributed by atoms with Gasteiger partial charge in [0.25, 0.3) is 0 Å². The van der Waals surface area contributed by atoms with Crippen molar-refractivity contribution in [3.05, 3.63) is 0 Å². The minimum Gasteiger partial charge on any atom is -0.381 e. The summed E-state index contributed by atoms with van der Waals surface area (Å²) in [7, 11) is 0. The average Bonchev–Trinajstić information content (AvgIpc) is 2.77. The average molecular weight is 196 g/mol. The Labute approximate surface area is 85.6 Å². The Hall–Kier alpha value is -0.120. The van der Waals surface area contributed by atoms with Crippen LogP contribution >= 0.6 is 0 Å². The van der Waals surface area contributed by atoms with E-state index in [-0.39, 0.29) is 0 Å². The van der Waals surface area contributed by atoms with Crippen LogP contribution in [0.25, 0.3) is 0 Å². The molecule has 14 heavy (non-hydrogen) atoms. The van der Waals surface area contributed by atoms with Gasteiger partial charge in [0, 0.05) is 38.9 Å². The van der Waals surface area contributed by atoms with E-state index in [1.54, 1.807) is 0 Å². The van der Waals surface area contributed by atoms with Gasteiger partial charge in [-0.25, -0.2) is 0 Å². The van der Waals surface area contributed by atoms with Gasteiger partial charge in [-0.2, -0.15) is 0 Å². The van der Waals surface area contributed by atoms with Crippen LogP contribution in [0.15, 0.2) is 0 Å². The summed E-state index contributed by atoms with van der Waals surface area (Å²) in [6, 6.07) is 0.812. The summed E-state index contributed by atoms with van der Waals surface area (Å²) in [5, 5.41) is 7.04. The molecule has 0 aromatic heterocycles. The molecule has 3 aliphatic rings. The van der Waals surface area contributed by atoms with E-state index in [9.17, 15) is 0 Å². The highest BCUT2D eigenvalue weighted by molar-refractivity contribution is 5.08. The third kappa shape index (κ3) is 1.58. The predicted molar refractivity (Wildman–Crippen MR) is 55.3 cm³/mol. The molecular formula is C11H20N2O. The Morgan fingerprint density at radius 3 is 2.71 bits per heavy atom. The van der Waals surface area contributed by atoms with Crippen molar-refractivity contribution >= 4 is 0 Å². The first-order valence-electron chi connectivity index (χ1n) is 5.91. The second-order valence-corrected chi connectivity index (χ2v) is 5.16. The summed E-state index contributed by atoms with van der Waals surface area (Å²) in [4.78, 5) is 0.